The molecule has 22 heavy (non-hydrogen) atoms. The first kappa shape index (κ1) is 16.8. The summed E-state index contributed by atoms with van der Waals surface area (Å²) in [6.45, 7) is 6.03. The third-order valence-electron chi connectivity index (χ3n) is 3.57. The number of carbonyl (C=O) groups excluding carboxylic acids is 2. The number of hydrogen-bond acceptors (Lipinski definition) is 4. The molecule has 1 aliphatic carbocycles. The molecule has 0 radical (unpaired) electrons. The molecule has 5 nitrogen and oxygen atoms in total. The molecule has 1 fully saturated rings. The predicted octanol–water partition coefficient (Wildman–Crippen LogP) is 3.06. The third-order valence-corrected chi connectivity index (χ3v) is 4.45. The average molecular weight is 324 g/mol. The summed E-state index contributed by atoms with van der Waals surface area (Å²) in [7, 11) is 0. The normalized spacial score (nSPS) is 21.4. The van der Waals surface area contributed by atoms with Gasteiger partial charge in [0.25, 0.3) is 0 Å². The highest BCUT2D eigenvalue weighted by Crippen LogP contribution is 2.26. The maximum absolute atomic E-state index is 12.3. The van der Waals surface area contributed by atoms with Crippen LogP contribution < -0.4 is 10.6 Å². The Morgan fingerprint density at radius 3 is 2.77 bits per heavy atom. The van der Waals surface area contributed by atoms with Crippen LogP contribution in [0.4, 0.5) is 4.79 Å². The van der Waals surface area contributed by atoms with Crippen molar-refractivity contribution in [2.75, 3.05) is 0 Å². The number of rotatable bonds is 4. The Hall–Kier alpha value is -1.56. The molecule has 0 bridgehead atoms. The van der Waals surface area contributed by atoms with Crippen molar-refractivity contribution < 1.29 is 14.3 Å². The van der Waals surface area contributed by atoms with Crippen molar-refractivity contribution >= 4 is 23.3 Å². The van der Waals surface area contributed by atoms with Crippen LogP contribution in [0.25, 0.3) is 0 Å². The largest absolute Gasteiger partial charge is 0.444 e. The summed E-state index contributed by atoms with van der Waals surface area (Å²) >= 11 is 1.62. The topological polar surface area (TPSA) is 67.4 Å². The molecule has 0 spiro atoms. The van der Waals surface area contributed by atoms with E-state index in [4.69, 9.17) is 4.74 Å². The van der Waals surface area contributed by atoms with Gasteiger partial charge in [-0.15, -0.1) is 11.3 Å². The molecule has 0 saturated heterocycles. The lowest BCUT2D eigenvalue weighted by atomic mass is 10.0. The van der Waals surface area contributed by atoms with Gasteiger partial charge in [0.15, 0.2) is 0 Å². The van der Waals surface area contributed by atoms with Crippen molar-refractivity contribution in [2.45, 2.75) is 58.2 Å². The molecular formula is C16H24N2O3S. The van der Waals surface area contributed by atoms with Crippen LogP contribution in [0.5, 0.6) is 0 Å². The van der Waals surface area contributed by atoms with Crippen LogP contribution in [0.15, 0.2) is 17.5 Å². The van der Waals surface area contributed by atoms with E-state index in [0.717, 1.165) is 24.1 Å². The first-order valence-corrected chi connectivity index (χ1v) is 8.53. The quantitative estimate of drug-likeness (QED) is 0.894. The number of thiophene rings is 1. The lowest BCUT2D eigenvalue weighted by Crippen LogP contribution is -2.45. The molecule has 2 atom stereocenters. The molecule has 2 amide bonds. The van der Waals surface area contributed by atoms with Gasteiger partial charge in [0.2, 0.25) is 5.91 Å². The summed E-state index contributed by atoms with van der Waals surface area (Å²) in [5, 5.41) is 7.79. The number of ether oxygens (including phenoxy) is 1. The van der Waals surface area contributed by atoms with Crippen LogP contribution >= 0.6 is 11.3 Å². The summed E-state index contributed by atoms with van der Waals surface area (Å²) in [6.07, 6.45) is 2.11. The van der Waals surface area contributed by atoms with Gasteiger partial charge in [-0.25, -0.2) is 4.79 Å². The van der Waals surface area contributed by atoms with E-state index in [1.807, 2.05) is 38.3 Å². The molecule has 0 aromatic carbocycles. The Kier molecular flexibility index (Phi) is 5.45. The second-order valence-corrected chi connectivity index (χ2v) is 7.62. The van der Waals surface area contributed by atoms with Gasteiger partial charge in [0, 0.05) is 10.9 Å². The van der Waals surface area contributed by atoms with Crippen molar-refractivity contribution in [3.8, 4) is 0 Å². The maximum atomic E-state index is 12.3. The van der Waals surface area contributed by atoms with Gasteiger partial charge in [0.1, 0.15) is 5.60 Å². The molecule has 6 heteroatoms. The summed E-state index contributed by atoms with van der Waals surface area (Å²) in [6, 6.07) is 3.82. The highest BCUT2D eigenvalue weighted by molar-refractivity contribution is 7.09. The fourth-order valence-corrected chi connectivity index (χ4v) is 3.27. The van der Waals surface area contributed by atoms with E-state index >= 15 is 0 Å². The first-order valence-electron chi connectivity index (χ1n) is 7.65. The summed E-state index contributed by atoms with van der Waals surface area (Å²) < 4.78 is 5.27. The van der Waals surface area contributed by atoms with Gasteiger partial charge >= 0.3 is 6.09 Å². The minimum atomic E-state index is -0.528. The smallest absolute Gasteiger partial charge is 0.407 e. The Morgan fingerprint density at radius 1 is 1.36 bits per heavy atom. The zero-order valence-corrected chi connectivity index (χ0v) is 14.2. The molecule has 1 aromatic rings. The minimum Gasteiger partial charge on any atom is -0.444 e. The van der Waals surface area contributed by atoms with E-state index in [2.05, 4.69) is 10.6 Å². The van der Waals surface area contributed by atoms with Crippen LogP contribution in [-0.2, 0) is 16.1 Å². The molecular weight excluding hydrogens is 300 g/mol. The monoisotopic (exact) mass is 324 g/mol. The van der Waals surface area contributed by atoms with Crippen molar-refractivity contribution in [1.29, 1.82) is 0 Å². The molecule has 2 rings (SSSR count). The van der Waals surface area contributed by atoms with Crippen LogP contribution in [-0.4, -0.2) is 23.6 Å². The van der Waals surface area contributed by atoms with Crippen LogP contribution in [0.2, 0.25) is 0 Å². The van der Waals surface area contributed by atoms with Crippen LogP contribution in [0, 0.1) is 5.92 Å². The van der Waals surface area contributed by atoms with Crippen molar-refractivity contribution in [3.63, 3.8) is 0 Å². The van der Waals surface area contributed by atoms with Gasteiger partial charge in [-0.3, -0.25) is 4.79 Å². The number of nitrogens with one attached hydrogen (secondary N) is 2. The van der Waals surface area contributed by atoms with Crippen LogP contribution in [0.1, 0.15) is 44.9 Å². The summed E-state index contributed by atoms with van der Waals surface area (Å²) in [5.41, 5.74) is -0.528. The van der Waals surface area contributed by atoms with Crippen LogP contribution in [0.3, 0.4) is 0 Å². The lowest BCUT2D eigenvalue weighted by molar-refractivity contribution is -0.125. The summed E-state index contributed by atoms with van der Waals surface area (Å²) in [5.74, 6) is -0.167. The Labute approximate surface area is 135 Å². The van der Waals surface area contributed by atoms with E-state index in [1.54, 1.807) is 11.3 Å². The molecule has 122 valence electrons. The van der Waals surface area contributed by atoms with Crippen molar-refractivity contribution in [2.24, 2.45) is 5.92 Å². The average Bonchev–Trinajstić information content (AvgIpc) is 3.04. The van der Waals surface area contributed by atoms with Gasteiger partial charge < -0.3 is 15.4 Å². The molecule has 1 aromatic heterocycles. The lowest BCUT2D eigenvalue weighted by Gasteiger charge is -2.24. The number of carbonyl (C=O) groups is 2. The standard InChI is InChI=1S/C16H24N2O3S/c1-16(2,3)21-15(20)18-13-8-4-7-12(13)14(19)17-10-11-6-5-9-22-11/h5-6,9,12-13H,4,7-8,10H2,1-3H3,(H,17,19)(H,18,20)/t12-,13-/m0/s1. The fourth-order valence-electron chi connectivity index (χ4n) is 2.62. The SMILES string of the molecule is CC(C)(C)OC(=O)N[C@H]1CCC[C@@H]1C(=O)NCc1cccs1. The van der Waals surface area contributed by atoms with Crippen molar-refractivity contribution in [3.05, 3.63) is 22.4 Å². The highest BCUT2D eigenvalue weighted by atomic mass is 32.1. The second kappa shape index (κ2) is 7.13. The summed E-state index contributed by atoms with van der Waals surface area (Å²) in [4.78, 5) is 25.3. The van der Waals surface area contributed by atoms with Gasteiger partial charge in [-0.05, 0) is 45.1 Å². The number of hydrogen-bond donors (Lipinski definition) is 2. The zero-order chi connectivity index (χ0) is 16.2. The van der Waals surface area contributed by atoms with Crippen molar-refractivity contribution in [1.82, 2.24) is 10.6 Å². The van der Waals surface area contributed by atoms with E-state index in [9.17, 15) is 9.59 Å². The molecule has 1 aliphatic rings. The molecule has 1 saturated carbocycles. The minimum absolute atomic E-state index is 0.00644. The van der Waals surface area contributed by atoms with E-state index < -0.39 is 11.7 Å². The maximum Gasteiger partial charge on any atom is 0.407 e. The van der Waals surface area contributed by atoms with Gasteiger partial charge in [0.05, 0.1) is 12.5 Å². The van der Waals surface area contributed by atoms with E-state index in [0.29, 0.717) is 6.54 Å². The zero-order valence-electron chi connectivity index (χ0n) is 13.3. The molecule has 0 unspecified atom stereocenters. The molecule has 1 heterocycles. The van der Waals surface area contributed by atoms with E-state index in [-0.39, 0.29) is 17.9 Å². The fraction of sp³-hybridized carbons (Fsp3) is 0.625. The second-order valence-electron chi connectivity index (χ2n) is 6.59. The Balaban J connectivity index is 1.84. The van der Waals surface area contributed by atoms with E-state index in [1.165, 1.54) is 0 Å². The predicted molar refractivity (Wildman–Crippen MR) is 86.7 cm³/mol. The Morgan fingerprint density at radius 2 is 2.14 bits per heavy atom. The highest BCUT2D eigenvalue weighted by Gasteiger charge is 2.34. The molecule has 0 aliphatic heterocycles. The van der Waals surface area contributed by atoms with Gasteiger partial charge in [-0.1, -0.05) is 12.5 Å². The van der Waals surface area contributed by atoms with Gasteiger partial charge in [-0.2, -0.15) is 0 Å². The number of alkyl carbamates (subject to hydrolysis) is 1. The number of amides is 2. The third kappa shape index (κ3) is 5.02. The first-order chi connectivity index (χ1) is 10.3. The molecule has 2 N–H and O–H groups in total. The Bertz CT molecular complexity index is 508.